The molecule has 1 aliphatic carbocycles. The predicted octanol–water partition coefficient (Wildman–Crippen LogP) is 2.98. The molecule has 0 amide bonds. The van der Waals surface area contributed by atoms with Crippen molar-refractivity contribution in [2.24, 2.45) is 5.84 Å². The van der Waals surface area contributed by atoms with Crippen molar-refractivity contribution in [2.45, 2.75) is 44.1 Å². The van der Waals surface area contributed by atoms with E-state index in [0.717, 1.165) is 31.4 Å². The number of nitriles is 1. The molecule has 0 unspecified atom stereocenters. The van der Waals surface area contributed by atoms with Crippen molar-refractivity contribution < 1.29 is 0 Å². The molecule has 0 aliphatic heterocycles. The molecule has 2 rings (SSSR count). The Balaban J connectivity index is 2.25. The van der Waals surface area contributed by atoms with Gasteiger partial charge in [0.05, 0.1) is 11.8 Å². The van der Waals surface area contributed by atoms with Crippen LogP contribution in [0.25, 0.3) is 0 Å². The van der Waals surface area contributed by atoms with E-state index < -0.39 is 5.54 Å². The lowest BCUT2D eigenvalue weighted by Gasteiger charge is -2.36. The molecule has 0 spiro atoms. The first-order valence-electron chi connectivity index (χ1n) is 6.30. The van der Waals surface area contributed by atoms with E-state index in [4.69, 9.17) is 5.84 Å². The fourth-order valence-corrected chi connectivity index (χ4v) is 2.56. The number of nitrogens with two attached hydrogens (primary N) is 1. The van der Waals surface area contributed by atoms with Crippen LogP contribution < -0.4 is 10.9 Å². The van der Waals surface area contributed by atoms with Gasteiger partial charge in [0, 0.05) is 0 Å². The number of rotatable bonds is 2. The lowest BCUT2D eigenvalue weighted by atomic mass is 9.90. The van der Waals surface area contributed by atoms with Crippen LogP contribution in [-0.4, -0.2) is 5.54 Å². The third-order valence-electron chi connectivity index (χ3n) is 3.63. The Morgan fingerprint density at radius 1 is 1.06 bits per heavy atom. The van der Waals surface area contributed by atoms with E-state index in [-0.39, 0.29) is 0 Å². The average Bonchev–Trinajstić information content (AvgIpc) is 2.65. The van der Waals surface area contributed by atoms with Crippen LogP contribution in [0, 0.1) is 11.3 Å². The van der Waals surface area contributed by atoms with Gasteiger partial charge in [0.15, 0.2) is 0 Å². The Morgan fingerprint density at radius 3 is 2.18 bits per heavy atom. The standard InChI is InChI=1S/C14H19N3/c15-12-14(10-6-1-2-7-11-14)17(16)13-8-4-3-5-9-13/h3-5,8-9H,1-2,6-7,10-11,16H2. The number of anilines is 1. The van der Waals surface area contributed by atoms with Crippen LogP contribution >= 0.6 is 0 Å². The zero-order valence-corrected chi connectivity index (χ0v) is 10.1. The van der Waals surface area contributed by atoms with E-state index in [1.54, 1.807) is 5.01 Å². The monoisotopic (exact) mass is 229 g/mol. The van der Waals surface area contributed by atoms with Gasteiger partial charge in [-0.05, 0) is 37.8 Å². The third-order valence-corrected chi connectivity index (χ3v) is 3.63. The van der Waals surface area contributed by atoms with E-state index in [0.29, 0.717) is 0 Å². The maximum Gasteiger partial charge on any atom is 0.142 e. The van der Waals surface area contributed by atoms with Gasteiger partial charge in [0.1, 0.15) is 5.54 Å². The maximum atomic E-state index is 9.53. The highest BCUT2D eigenvalue weighted by molar-refractivity contribution is 5.49. The van der Waals surface area contributed by atoms with Crippen molar-refractivity contribution in [3.63, 3.8) is 0 Å². The minimum Gasteiger partial charge on any atom is -0.291 e. The summed E-state index contributed by atoms with van der Waals surface area (Å²) in [6, 6.07) is 12.3. The molecule has 3 heteroatoms. The Hall–Kier alpha value is -1.53. The number of hydrogen-bond acceptors (Lipinski definition) is 3. The number of benzene rings is 1. The summed E-state index contributed by atoms with van der Waals surface area (Å²) in [6.07, 6.45) is 6.35. The van der Waals surface area contributed by atoms with Gasteiger partial charge in [0.2, 0.25) is 0 Å². The van der Waals surface area contributed by atoms with Crippen LogP contribution in [0.5, 0.6) is 0 Å². The maximum absolute atomic E-state index is 9.53. The minimum absolute atomic E-state index is 0.516. The van der Waals surface area contributed by atoms with Crippen molar-refractivity contribution in [3.05, 3.63) is 30.3 Å². The summed E-state index contributed by atoms with van der Waals surface area (Å²) in [5, 5.41) is 11.2. The summed E-state index contributed by atoms with van der Waals surface area (Å²) in [5.41, 5.74) is 0.411. The highest BCUT2D eigenvalue weighted by Crippen LogP contribution is 2.33. The molecule has 17 heavy (non-hydrogen) atoms. The minimum atomic E-state index is -0.516. The second kappa shape index (κ2) is 5.20. The second-order valence-corrected chi connectivity index (χ2v) is 4.76. The summed E-state index contributed by atoms with van der Waals surface area (Å²) in [6.45, 7) is 0. The number of nitrogens with zero attached hydrogens (tertiary/aromatic N) is 2. The highest BCUT2D eigenvalue weighted by atomic mass is 15.4. The molecule has 0 heterocycles. The molecule has 90 valence electrons. The highest BCUT2D eigenvalue weighted by Gasteiger charge is 2.36. The van der Waals surface area contributed by atoms with E-state index in [1.807, 2.05) is 30.3 Å². The van der Waals surface area contributed by atoms with Crippen molar-refractivity contribution in [3.8, 4) is 6.07 Å². The smallest absolute Gasteiger partial charge is 0.142 e. The van der Waals surface area contributed by atoms with E-state index in [1.165, 1.54) is 12.8 Å². The largest absolute Gasteiger partial charge is 0.291 e. The fraction of sp³-hybridized carbons (Fsp3) is 0.500. The molecule has 0 saturated heterocycles. The van der Waals surface area contributed by atoms with Gasteiger partial charge >= 0.3 is 0 Å². The van der Waals surface area contributed by atoms with Crippen LogP contribution in [0.2, 0.25) is 0 Å². The molecular weight excluding hydrogens is 210 g/mol. The van der Waals surface area contributed by atoms with Gasteiger partial charge in [0.25, 0.3) is 0 Å². The molecule has 0 bridgehead atoms. The van der Waals surface area contributed by atoms with E-state index in [9.17, 15) is 5.26 Å². The topological polar surface area (TPSA) is 53.0 Å². The number of hydrazine groups is 1. The zero-order chi connectivity index (χ0) is 12.1. The first kappa shape index (κ1) is 11.9. The lowest BCUT2D eigenvalue weighted by Crippen LogP contribution is -2.52. The van der Waals surface area contributed by atoms with Gasteiger partial charge in [-0.2, -0.15) is 5.26 Å². The molecule has 0 atom stereocenters. The summed E-state index contributed by atoms with van der Waals surface area (Å²) >= 11 is 0. The van der Waals surface area contributed by atoms with Crippen LogP contribution in [0.3, 0.4) is 0 Å². The lowest BCUT2D eigenvalue weighted by molar-refractivity contribution is 0.431. The Bertz CT molecular complexity index is 386. The third kappa shape index (κ3) is 2.42. The van der Waals surface area contributed by atoms with Crippen LogP contribution in [0.15, 0.2) is 30.3 Å². The van der Waals surface area contributed by atoms with Crippen molar-refractivity contribution in [1.82, 2.24) is 0 Å². The van der Waals surface area contributed by atoms with Gasteiger partial charge in [-0.15, -0.1) is 0 Å². The van der Waals surface area contributed by atoms with Gasteiger partial charge in [-0.3, -0.25) is 5.01 Å². The molecule has 0 radical (unpaired) electrons. The molecule has 3 nitrogen and oxygen atoms in total. The number of hydrogen-bond donors (Lipinski definition) is 1. The van der Waals surface area contributed by atoms with Gasteiger partial charge in [-0.1, -0.05) is 31.0 Å². The molecule has 1 aliphatic rings. The second-order valence-electron chi connectivity index (χ2n) is 4.76. The van der Waals surface area contributed by atoms with Gasteiger partial charge in [-0.25, -0.2) is 5.84 Å². The Kier molecular flexibility index (Phi) is 3.65. The molecule has 1 aromatic carbocycles. The Morgan fingerprint density at radius 2 is 1.65 bits per heavy atom. The van der Waals surface area contributed by atoms with E-state index >= 15 is 0 Å². The van der Waals surface area contributed by atoms with Crippen molar-refractivity contribution >= 4 is 5.69 Å². The van der Waals surface area contributed by atoms with Gasteiger partial charge < -0.3 is 0 Å². The van der Waals surface area contributed by atoms with Crippen molar-refractivity contribution in [2.75, 3.05) is 5.01 Å². The Labute approximate surface area is 103 Å². The molecule has 1 fully saturated rings. The predicted molar refractivity (Wildman–Crippen MR) is 69.2 cm³/mol. The zero-order valence-electron chi connectivity index (χ0n) is 10.1. The summed E-state index contributed by atoms with van der Waals surface area (Å²) < 4.78 is 0. The van der Waals surface area contributed by atoms with Crippen molar-refractivity contribution in [1.29, 1.82) is 5.26 Å². The SMILES string of the molecule is N#CC1(N(N)c2ccccc2)CCCCCC1. The molecule has 1 saturated carbocycles. The fourth-order valence-electron chi connectivity index (χ4n) is 2.56. The summed E-state index contributed by atoms with van der Waals surface area (Å²) in [4.78, 5) is 0. The molecule has 1 aromatic rings. The molecule has 2 N–H and O–H groups in total. The quantitative estimate of drug-likeness (QED) is 0.482. The van der Waals surface area contributed by atoms with Crippen LogP contribution in [0.1, 0.15) is 38.5 Å². The summed E-state index contributed by atoms with van der Waals surface area (Å²) in [5.74, 6) is 6.20. The number of para-hydroxylation sites is 1. The molecular formula is C14H19N3. The first-order chi connectivity index (χ1) is 8.28. The summed E-state index contributed by atoms with van der Waals surface area (Å²) in [7, 11) is 0. The van der Waals surface area contributed by atoms with E-state index in [2.05, 4.69) is 6.07 Å². The first-order valence-corrected chi connectivity index (χ1v) is 6.30. The molecule has 0 aromatic heterocycles. The normalized spacial score (nSPS) is 19.1. The van der Waals surface area contributed by atoms with Crippen LogP contribution in [0.4, 0.5) is 5.69 Å². The average molecular weight is 229 g/mol. The van der Waals surface area contributed by atoms with Crippen LogP contribution in [-0.2, 0) is 0 Å².